The maximum atomic E-state index is 14.7. The Balaban J connectivity index is 1.44. The molecule has 0 heterocycles. The lowest BCUT2D eigenvalue weighted by Crippen LogP contribution is -2.27. The summed E-state index contributed by atoms with van der Waals surface area (Å²) in [5.74, 6) is -0.326. The van der Waals surface area contributed by atoms with E-state index in [0.717, 1.165) is 5.57 Å². The summed E-state index contributed by atoms with van der Waals surface area (Å²) in [6.07, 6.45) is 5.08. The van der Waals surface area contributed by atoms with Crippen LogP contribution >= 0.6 is 0 Å². The molecule has 61 heavy (non-hydrogen) atoms. The van der Waals surface area contributed by atoms with Gasteiger partial charge in [0, 0.05) is 80.4 Å². The Morgan fingerprint density at radius 3 is 2.02 bits per heavy atom. The number of aliphatic hydroxyl groups is 3. The number of phenols is 1. The molecule has 328 valence electrons. The minimum atomic E-state index is -0.514. The number of carbonyl (C=O) groups excluding carboxylic acids is 2. The molecule has 15 nitrogen and oxygen atoms in total. The smallest absolute Gasteiger partial charge is 0.230 e. The Bertz CT molecular complexity index is 2520. The monoisotopic (exact) mass is 843 g/mol. The highest BCUT2D eigenvalue weighted by atomic mass is 16.5. The molecule has 0 bridgehead atoms. The van der Waals surface area contributed by atoms with Gasteiger partial charge in [0.2, 0.25) is 17.2 Å². The first-order valence-electron chi connectivity index (χ1n) is 21.0. The molecule has 0 aliphatic heterocycles. The average molecular weight is 844 g/mol. The van der Waals surface area contributed by atoms with Crippen LogP contribution in [-0.2, 0) is 49.9 Å². The molecule has 6 rings (SSSR count). The fraction of sp³-hybridized carbons (Fsp3) is 0.478. The van der Waals surface area contributed by atoms with Gasteiger partial charge in [-0.25, -0.2) is 0 Å². The lowest BCUT2D eigenvalue weighted by molar-refractivity contribution is -0.122. The topological polar surface area (TPSA) is 222 Å². The summed E-state index contributed by atoms with van der Waals surface area (Å²) in [4.78, 5) is 54.0. The Morgan fingerprint density at radius 2 is 1.36 bits per heavy atom. The van der Waals surface area contributed by atoms with E-state index >= 15 is 0 Å². The molecule has 0 atom stereocenters. The number of ether oxygens (including phenoxy) is 4. The first-order chi connectivity index (χ1) is 29.6. The predicted molar refractivity (Wildman–Crippen MR) is 235 cm³/mol. The average Bonchev–Trinajstić information content (AvgIpc) is 3.40. The second-order valence-electron chi connectivity index (χ2n) is 15.4. The van der Waals surface area contributed by atoms with Crippen molar-refractivity contribution < 1.29 is 49.0 Å². The molecule has 0 fully saturated rings. The first-order valence-corrected chi connectivity index (χ1v) is 21.0. The van der Waals surface area contributed by atoms with Gasteiger partial charge < -0.3 is 55.3 Å². The van der Waals surface area contributed by atoms with Crippen molar-refractivity contribution in [3.8, 4) is 11.5 Å². The number of hydrogen-bond acceptors (Lipinski definition) is 13. The minimum Gasteiger partial charge on any atom is -0.507 e. The molecule has 2 amide bonds. The largest absolute Gasteiger partial charge is 0.507 e. The maximum Gasteiger partial charge on any atom is 0.230 e. The molecule has 0 spiro atoms. The van der Waals surface area contributed by atoms with Gasteiger partial charge in [-0.1, -0.05) is 11.6 Å². The summed E-state index contributed by atoms with van der Waals surface area (Å²) in [6, 6.07) is 3.01. The van der Waals surface area contributed by atoms with Gasteiger partial charge in [-0.3, -0.25) is 19.2 Å². The number of nitrogens with one attached hydrogen (secondary N) is 3. The summed E-state index contributed by atoms with van der Waals surface area (Å²) >= 11 is 0. The first kappa shape index (κ1) is 45.4. The highest BCUT2D eigenvalue weighted by Crippen LogP contribution is 2.52. The third-order valence-electron chi connectivity index (χ3n) is 11.3. The van der Waals surface area contributed by atoms with Gasteiger partial charge >= 0.3 is 0 Å². The number of aromatic hydroxyl groups is 1. The van der Waals surface area contributed by atoms with E-state index in [4.69, 9.17) is 24.1 Å². The number of aliphatic hydroxyl groups excluding tert-OH is 3. The van der Waals surface area contributed by atoms with Gasteiger partial charge in [0.1, 0.15) is 5.75 Å². The van der Waals surface area contributed by atoms with Crippen LogP contribution in [0, 0.1) is 0 Å². The van der Waals surface area contributed by atoms with Crippen LogP contribution in [0.3, 0.4) is 0 Å². The summed E-state index contributed by atoms with van der Waals surface area (Å²) in [7, 11) is 3.04. The van der Waals surface area contributed by atoms with E-state index in [2.05, 4.69) is 16.0 Å². The van der Waals surface area contributed by atoms with Gasteiger partial charge in [-0.05, 0) is 95.8 Å². The molecule has 5 aromatic carbocycles. The lowest BCUT2D eigenvalue weighted by Gasteiger charge is -2.25. The van der Waals surface area contributed by atoms with Crippen molar-refractivity contribution in [3.05, 3.63) is 66.0 Å². The number of fused-ring (bicyclic) bond motifs is 1. The van der Waals surface area contributed by atoms with Gasteiger partial charge in [0.05, 0.1) is 57.5 Å². The molecule has 7 N–H and O–H groups in total. The second kappa shape index (κ2) is 21.1. The van der Waals surface area contributed by atoms with E-state index < -0.39 is 18.6 Å². The summed E-state index contributed by atoms with van der Waals surface area (Å²) < 4.78 is 21.7. The number of carbonyl (C=O) groups is 2. The second-order valence-corrected chi connectivity index (χ2v) is 15.4. The third-order valence-corrected chi connectivity index (χ3v) is 11.3. The van der Waals surface area contributed by atoms with E-state index in [1.807, 2.05) is 13.0 Å². The van der Waals surface area contributed by atoms with Crippen LogP contribution in [0.15, 0.2) is 27.3 Å². The molecule has 0 aromatic heterocycles. The van der Waals surface area contributed by atoms with Crippen LogP contribution in [0.25, 0.3) is 49.2 Å². The number of hydrogen-bond donors (Lipinski definition) is 7. The van der Waals surface area contributed by atoms with Crippen LogP contribution in [0.2, 0.25) is 0 Å². The number of anilines is 1. The zero-order valence-electron chi connectivity index (χ0n) is 35.2. The Morgan fingerprint density at radius 1 is 0.705 bits per heavy atom. The molecule has 0 unspecified atom stereocenters. The molecular weight excluding hydrogens is 787 g/mol. The highest BCUT2D eigenvalue weighted by Gasteiger charge is 2.32. The van der Waals surface area contributed by atoms with E-state index in [-0.39, 0.29) is 53.6 Å². The highest BCUT2D eigenvalue weighted by molar-refractivity contribution is 6.38. The summed E-state index contributed by atoms with van der Waals surface area (Å²) in [5.41, 5.74) is 3.03. The molecule has 5 aromatic rings. The molecule has 0 saturated carbocycles. The van der Waals surface area contributed by atoms with Gasteiger partial charge in [0.25, 0.3) is 0 Å². The van der Waals surface area contributed by atoms with Crippen molar-refractivity contribution in [3.63, 3.8) is 0 Å². The summed E-state index contributed by atoms with van der Waals surface area (Å²) in [6.45, 7) is 4.06. The van der Waals surface area contributed by atoms with Crippen LogP contribution in [-0.4, -0.2) is 106 Å². The van der Waals surface area contributed by atoms with Crippen molar-refractivity contribution in [2.45, 2.75) is 71.5 Å². The number of unbranched alkanes of at least 4 members (excludes halogenated alkanes) is 1. The van der Waals surface area contributed by atoms with E-state index in [1.165, 1.54) is 13.2 Å². The van der Waals surface area contributed by atoms with E-state index in [1.54, 1.807) is 13.2 Å². The molecule has 0 radical (unpaired) electrons. The van der Waals surface area contributed by atoms with Crippen molar-refractivity contribution in [2.24, 2.45) is 0 Å². The lowest BCUT2D eigenvalue weighted by atomic mass is 9.80. The predicted octanol–water partition coefficient (Wildman–Crippen LogP) is 3.75. The molecule has 1 aliphatic rings. The Kier molecular flexibility index (Phi) is 15.7. The van der Waals surface area contributed by atoms with Crippen molar-refractivity contribution in [1.29, 1.82) is 0 Å². The molecule has 15 heteroatoms. The van der Waals surface area contributed by atoms with Crippen molar-refractivity contribution in [1.82, 2.24) is 10.6 Å². The van der Waals surface area contributed by atoms with Gasteiger partial charge in [-0.15, -0.1) is 0 Å². The van der Waals surface area contributed by atoms with Crippen LogP contribution in [0.5, 0.6) is 11.5 Å². The van der Waals surface area contributed by atoms with Crippen LogP contribution in [0.4, 0.5) is 5.69 Å². The van der Waals surface area contributed by atoms with Gasteiger partial charge in [0.15, 0.2) is 11.2 Å². The summed E-state index contributed by atoms with van der Waals surface area (Å²) in [5, 5.41) is 55.4. The quantitative estimate of drug-likeness (QED) is 0.0253. The fourth-order valence-corrected chi connectivity index (χ4v) is 8.64. The Labute approximate surface area is 353 Å². The molecule has 1 aliphatic carbocycles. The van der Waals surface area contributed by atoms with Crippen LogP contribution < -0.4 is 31.5 Å². The number of benzene rings is 5. The van der Waals surface area contributed by atoms with E-state index in [0.29, 0.717) is 162 Å². The molecule has 0 saturated heterocycles. The SMILES string of the molecule is COCCOCCNC(=O)CCCCc1c(O)c2c(=O)cc(CO)c3c4c(CO)cc(NCCCC(=O)NCCOCCCO)c5c(=O)c(OC)c6c(c(c1C=C(C)C6)c23)c54. The number of amides is 2. The van der Waals surface area contributed by atoms with Crippen LogP contribution in [0.1, 0.15) is 73.3 Å². The van der Waals surface area contributed by atoms with Crippen molar-refractivity contribution >= 4 is 66.7 Å². The fourth-order valence-electron chi connectivity index (χ4n) is 8.64. The Hall–Kier alpha value is -5.16. The zero-order valence-corrected chi connectivity index (χ0v) is 35.2. The van der Waals surface area contributed by atoms with E-state index in [9.17, 15) is 34.5 Å². The zero-order chi connectivity index (χ0) is 43.6. The number of allylic oxidation sites excluding steroid dienone is 1. The van der Waals surface area contributed by atoms with Crippen molar-refractivity contribution in [2.75, 3.05) is 78.8 Å². The minimum absolute atomic E-state index is 0.0388. The molecular formula is C46H57N3O12. The standard InChI is InChI=1S/C46H57N3O12/c1-26-20-30-29(8-4-5-9-34(54)48-13-17-61-19-18-58-2)44(56)41-33(53)23-28(25-52)37-36-27(24-51)22-32(47-11-6-10-35(55)49-12-16-60-15-7-14-50)40-42(36)39(38(30)43(37)41)31(21-26)46(59-3)45(40)57/h20,22-23,47,50-52,56H,4-19,21,24-25H2,1-3H3,(H,48,54)(H,49,55). The normalized spacial score (nSPS) is 12.5. The third kappa shape index (κ3) is 9.52. The number of rotatable bonds is 25. The number of methoxy groups -OCH3 is 2. The van der Waals surface area contributed by atoms with Gasteiger partial charge in [-0.2, -0.15) is 0 Å². The number of phenolic OH excluding ortho intramolecular Hbond substituents is 1. The maximum absolute atomic E-state index is 14.7.